The van der Waals surface area contributed by atoms with Crippen LogP contribution in [-0.2, 0) is 24.3 Å². The molecule has 166 valence electrons. The number of hydrogen-bond acceptors (Lipinski definition) is 6. The van der Waals surface area contributed by atoms with Crippen LogP contribution in [0.2, 0.25) is 0 Å². The fraction of sp³-hybridized carbons (Fsp3) is 0.619. The predicted molar refractivity (Wildman–Crippen MR) is 111 cm³/mol. The summed E-state index contributed by atoms with van der Waals surface area (Å²) in [5.74, 6) is -1.06. The Labute approximate surface area is 178 Å². The van der Waals surface area contributed by atoms with Crippen LogP contribution in [0.1, 0.15) is 56.3 Å². The molecule has 30 heavy (non-hydrogen) atoms. The molecule has 0 spiro atoms. The summed E-state index contributed by atoms with van der Waals surface area (Å²) in [5, 5.41) is 2.88. The molecule has 1 aromatic carbocycles. The molecule has 2 atom stereocenters. The normalized spacial score (nSPS) is 23.7. The quantitative estimate of drug-likeness (QED) is 0.683. The van der Waals surface area contributed by atoms with Crippen molar-refractivity contribution in [2.75, 3.05) is 19.7 Å². The van der Waals surface area contributed by atoms with E-state index >= 15 is 0 Å². The Kier molecular flexibility index (Phi) is 7.49. The molecule has 2 unspecified atom stereocenters. The van der Waals surface area contributed by atoms with Crippen molar-refractivity contribution >= 4 is 21.9 Å². The molecule has 0 aromatic heterocycles. The molecule has 2 fully saturated rings. The minimum atomic E-state index is -3.77. The zero-order chi connectivity index (χ0) is 21.7. The predicted octanol–water partition coefficient (Wildman–Crippen LogP) is 2.09. The monoisotopic (exact) mass is 438 g/mol. The molecule has 1 N–H and O–H groups in total. The summed E-state index contributed by atoms with van der Waals surface area (Å²) in [7, 11) is -3.77. The highest BCUT2D eigenvalue weighted by atomic mass is 32.2. The van der Waals surface area contributed by atoms with Crippen LogP contribution in [0.4, 0.5) is 0 Å². The number of carbonyl (C=O) groups excluding carboxylic acids is 2. The number of hydrogen-bond donors (Lipinski definition) is 1. The number of morpholine rings is 1. The summed E-state index contributed by atoms with van der Waals surface area (Å²) in [6.45, 7) is 3.77. The molecule has 1 aliphatic carbocycles. The summed E-state index contributed by atoms with van der Waals surface area (Å²) in [4.78, 5) is 24.4. The van der Waals surface area contributed by atoms with Crippen molar-refractivity contribution in [3.8, 4) is 0 Å². The van der Waals surface area contributed by atoms with Crippen LogP contribution < -0.4 is 5.32 Å². The molecule has 1 heterocycles. The standard InChI is InChI=1S/C21H30N2O6S/c1-15-12-23(13-16(2)29-15)30(26,27)19-10-6-7-17(11-19)21(25)28-14-20(24)22-18-8-4-3-5-9-18/h6-7,10-11,15-16,18H,3-5,8-9,12-14H2,1-2H3,(H,22,24). The minimum Gasteiger partial charge on any atom is -0.452 e. The molecule has 9 heteroatoms. The van der Waals surface area contributed by atoms with Crippen LogP contribution in [0.25, 0.3) is 0 Å². The van der Waals surface area contributed by atoms with E-state index in [2.05, 4.69) is 5.32 Å². The number of esters is 1. The molecule has 0 radical (unpaired) electrons. The van der Waals surface area contributed by atoms with Gasteiger partial charge in [0.25, 0.3) is 5.91 Å². The molecule has 3 rings (SSSR count). The number of benzene rings is 1. The molecule has 0 bridgehead atoms. The Hall–Kier alpha value is -1.97. The van der Waals surface area contributed by atoms with E-state index in [1.165, 1.54) is 35.0 Å². The van der Waals surface area contributed by atoms with Crippen LogP contribution >= 0.6 is 0 Å². The van der Waals surface area contributed by atoms with Gasteiger partial charge in [0, 0.05) is 19.1 Å². The maximum atomic E-state index is 13.0. The lowest BCUT2D eigenvalue weighted by Gasteiger charge is -2.34. The summed E-state index contributed by atoms with van der Waals surface area (Å²) in [6, 6.07) is 5.86. The van der Waals surface area contributed by atoms with Gasteiger partial charge in [0.2, 0.25) is 10.0 Å². The van der Waals surface area contributed by atoms with Crippen molar-refractivity contribution in [3.63, 3.8) is 0 Å². The third-order valence-electron chi connectivity index (χ3n) is 5.40. The fourth-order valence-corrected chi connectivity index (χ4v) is 5.63. The molecule has 1 amide bonds. The van der Waals surface area contributed by atoms with Gasteiger partial charge in [-0.15, -0.1) is 0 Å². The molecule has 2 aliphatic rings. The van der Waals surface area contributed by atoms with Gasteiger partial charge in [-0.1, -0.05) is 25.3 Å². The van der Waals surface area contributed by atoms with E-state index in [1.54, 1.807) is 0 Å². The van der Waals surface area contributed by atoms with Crippen LogP contribution in [0.15, 0.2) is 29.2 Å². The van der Waals surface area contributed by atoms with Crippen molar-refractivity contribution in [2.24, 2.45) is 0 Å². The van der Waals surface area contributed by atoms with Crippen molar-refractivity contribution < 1.29 is 27.5 Å². The van der Waals surface area contributed by atoms with Gasteiger partial charge >= 0.3 is 5.97 Å². The van der Waals surface area contributed by atoms with E-state index in [4.69, 9.17) is 9.47 Å². The molecule has 1 saturated heterocycles. The topological polar surface area (TPSA) is 102 Å². The maximum Gasteiger partial charge on any atom is 0.338 e. The summed E-state index contributed by atoms with van der Waals surface area (Å²) in [6.07, 6.45) is 4.83. The number of nitrogens with one attached hydrogen (secondary N) is 1. The van der Waals surface area contributed by atoms with Crippen molar-refractivity contribution in [2.45, 2.75) is 69.1 Å². The number of carbonyl (C=O) groups is 2. The average Bonchev–Trinajstić information content (AvgIpc) is 2.72. The molecular weight excluding hydrogens is 408 g/mol. The first-order valence-electron chi connectivity index (χ1n) is 10.5. The zero-order valence-electron chi connectivity index (χ0n) is 17.5. The third kappa shape index (κ3) is 5.80. The van der Waals surface area contributed by atoms with Crippen LogP contribution in [0.3, 0.4) is 0 Å². The van der Waals surface area contributed by atoms with E-state index in [-0.39, 0.29) is 54.3 Å². The second kappa shape index (κ2) is 9.89. The van der Waals surface area contributed by atoms with Gasteiger partial charge in [-0.2, -0.15) is 4.31 Å². The van der Waals surface area contributed by atoms with Crippen LogP contribution in [0, 0.1) is 0 Å². The maximum absolute atomic E-state index is 13.0. The number of sulfonamides is 1. The van der Waals surface area contributed by atoms with Crippen LogP contribution in [0.5, 0.6) is 0 Å². The fourth-order valence-electron chi connectivity index (χ4n) is 3.99. The van der Waals surface area contributed by atoms with Gasteiger partial charge in [0.05, 0.1) is 22.7 Å². The van der Waals surface area contributed by atoms with Crippen molar-refractivity contribution in [1.82, 2.24) is 9.62 Å². The Bertz CT molecular complexity index is 856. The number of nitrogens with zero attached hydrogens (tertiary/aromatic N) is 1. The first-order chi connectivity index (χ1) is 14.3. The van der Waals surface area contributed by atoms with Crippen LogP contribution in [-0.4, -0.2) is 62.5 Å². The van der Waals surface area contributed by atoms with Gasteiger partial charge in [-0.25, -0.2) is 13.2 Å². The van der Waals surface area contributed by atoms with Gasteiger partial charge in [-0.3, -0.25) is 4.79 Å². The highest BCUT2D eigenvalue weighted by Gasteiger charge is 2.32. The average molecular weight is 439 g/mol. The molecule has 1 aliphatic heterocycles. The SMILES string of the molecule is CC1CN(S(=O)(=O)c2cccc(C(=O)OCC(=O)NC3CCCCC3)c2)CC(C)O1. The van der Waals surface area contributed by atoms with Crippen molar-refractivity contribution in [1.29, 1.82) is 0 Å². The first-order valence-corrected chi connectivity index (χ1v) is 11.9. The number of amides is 1. The second-order valence-corrected chi connectivity index (χ2v) is 10.0. The second-order valence-electron chi connectivity index (χ2n) is 8.09. The molecular formula is C21H30N2O6S. The third-order valence-corrected chi connectivity index (χ3v) is 7.23. The highest BCUT2D eigenvalue weighted by Crippen LogP contribution is 2.22. The number of rotatable bonds is 6. The Balaban J connectivity index is 1.61. The molecule has 1 aromatic rings. The smallest absolute Gasteiger partial charge is 0.338 e. The molecule has 8 nitrogen and oxygen atoms in total. The van der Waals surface area contributed by atoms with Gasteiger partial charge < -0.3 is 14.8 Å². The molecule has 1 saturated carbocycles. The van der Waals surface area contributed by atoms with Gasteiger partial charge in [0.15, 0.2) is 6.61 Å². The van der Waals surface area contributed by atoms with E-state index in [0.717, 1.165) is 25.7 Å². The number of ether oxygens (including phenoxy) is 2. The highest BCUT2D eigenvalue weighted by molar-refractivity contribution is 7.89. The van der Waals surface area contributed by atoms with Crippen molar-refractivity contribution in [3.05, 3.63) is 29.8 Å². The van der Waals surface area contributed by atoms with E-state index in [1.807, 2.05) is 13.8 Å². The lowest BCUT2D eigenvalue weighted by atomic mass is 9.95. The Morgan fingerprint density at radius 2 is 1.80 bits per heavy atom. The summed E-state index contributed by atoms with van der Waals surface area (Å²) >= 11 is 0. The Morgan fingerprint density at radius 3 is 2.47 bits per heavy atom. The van der Waals surface area contributed by atoms with E-state index in [9.17, 15) is 18.0 Å². The van der Waals surface area contributed by atoms with Gasteiger partial charge in [-0.05, 0) is 44.9 Å². The lowest BCUT2D eigenvalue weighted by molar-refractivity contribution is -0.125. The Morgan fingerprint density at radius 1 is 1.13 bits per heavy atom. The van der Waals surface area contributed by atoms with Gasteiger partial charge in [0.1, 0.15) is 0 Å². The first kappa shape index (κ1) is 22.7. The summed E-state index contributed by atoms with van der Waals surface area (Å²) < 4.78 is 38.1. The minimum absolute atomic E-state index is 0.0184. The zero-order valence-corrected chi connectivity index (χ0v) is 18.3. The van der Waals surface area contributed by atoms with E-state index < -0.39 is 16.0 Å². The lowest BCUT2D eigenvalue weighted by Crippen LogP contribution is -2.48. The largest absolute Gasteiger partial charge is 0.452 e. The summed E-state index contributed by atoms with van der Waals surface area (Å²) in [5.41, 5.74) is 0.0934. The van der Waals surface area contributed by atoms with E-state index in [0.29, 0.717) is 0 Å².